The summed E-state index contributed by atoms with van der Waals surface area (Å²) in [6.45, 7) is 0.452. The third-order valence-corrected chi connectivity index (χ3v) is 3.53. The maximum atomic E-state index is 5.96. The Morgan fingerprint density at radius 1 is 1.26 bits per heavy atom. The lowest BCUT2D eigenvalue weighted by atomic mass is 10.2. The van der Waals surface area contributed by atoms with Crippen molar-refractivity contribution in [3.8, 4) is 5.75 Å². The minimum Gasteiger partial charge on any atom is -0.489 e. The minimum absolute atomic E-state index is 0.439. The first-order valence-electron chi connectivity index (χ1n) is 6.84. The van der Waals surface area contributed by atoms with Gasteiger partial charge < -0.3 is 4.74 Å². The highest BCUT2D eigenvalue weighted by Gasteiger charge is 1.98. The number of rotatable bonds is 5. The van der Waals surface area contributed by atoms with Gasteiger partial charge >= 0.3 is 0 Å². The summed E-state index contributed by atoms with van der Waals surface area (Å²) in [5.74, 6) is 0.754. The van der Waals surface area contributed by atoms with Gasteiger partial charge in [-0.25, -0.2) is 0 Å². The zero-order chi connectivity index (χ0) is 16.1. The van der Waals surface area contributed by atoms with Crippen LogP contribution in [0.2, 0.25) is 5.02 Å². The lowest BCUT2D eigenvalue weighted by Gasteiger charge is -2.07. The van der Waals surface area contributed by atoms with E-state index in [9.17, 15) is 0 Å². The molecule has 116 valence electrons. The molecule has 1 aromatic heterocycles. The van der Waals surface area contributed by atoms with E-state index in [1.807, 2.05) is 48.5 Å². The number of nitrogens with one attached hydrogen (secondary N) is 1. The van der Waals surface area contributed by atoms with E-state index in [4.69, 9.17) is 28.6 Å². The van der Waals surface area contributed by atoms with Crippen molar-refractivity contribution < 1.29 is 4.74 Å². The van der Waals surface area contributed by atoms with Crippen LogP contribution in [0.5, 0.6) is 5.75 Å². The number of hydrogen-bond acceptors (Lipinski definition) is 4. The van der Waals surface area contributed by atoms with Crippen LogP contribution in [0.15, 0.2) is 60.0 Å². The maximum Gasteiger partial charge on any atom is 0.216 e. The fourth-order valence-electron chi connectivity index (χ4n) is 1.93. The fraction of sp³-hybridized carbons (Fsp3) is 0.0625. The second-order valence-electron chi connectivity index (χ2n) is 4.74. The third-order valence-electron chi connectivity index (χ3n) is 3.02. The van der Waals surface area contributed by atoms with E-state index in [-0.39, 0.29) is 0 Å². The van der Waals surface area contributed by atoms with Gasteiger partial charge in [0.15, 0.2) is 0 Å². The number of nitrogens with zero attached hydrogens (tertiary/aromatic N) is 3. The molecule has 0 unspecified atom stereocenters. The Labute approximate surface area is 143 Å². The Kier molecular flexibility index (Phi) is 4.85. The molecular weight excluding hydrogens is 332 g/mol. The molecule has 0 saturated heterocycles. The first-order valence-corrected chi connectivity index (χ1v) is 7.63. The van der Waals surface area contributed by atoms with Crippen molar-refractivity contribution in [3.05, 3.63) is 75.8 Å². The van der Waals surface area contributed by atoms with E-state index in [1.54, 1.807) is 6.21 Å². The van der Waals surface area contributed by atoms with Crippen molar-refractivity contribution in [2.24, 2.45) is 5.10 Å². The summed E-state index contributed by atoms with van der Waals surface area (Å²) < 4.78 is 7.70. The second kappa shape index (κ2) is 7.21. The van der Waals surface area contributed by atoms with Crippen molar-refractivity contribution in [3.63, 3.8) is 0 Å². The first kappa shape index (κ1) is 15.5. The molecule has 3 rings (SSSR count). The summed E-state index contributed by atoms with van der Waals surface area (Å²) in [5, 5.41) is 11.4. The zero-order valence-electron chi connectivity index (χ0n) is 12.0. The van der Waals surface area contributed by atoms with Gasteiger partial charge in [-0.3, -0.25) is 5.10 Å². The lowest BCUT2D eigenvalue weighted by Crippen LogP contribution is -1.96. The first-order chi connectivity index (χ1) is 11.2. The number of hydrogen-bond donors (Lipinski definition) is 1. The van der Waals surface area contributed by atoms with E-state index in [0.717, 1.165) is 16.9 Å². The summed E-state index contributed by atoms with van der Waals surface area (Å²) in [6.07, 6.45) is 3.20. The summed E-state index contributed by atoms with van der Waals surface area (Å²) >= 11 is 11.0. The molecule has 2 aromatic carbocycles. The van der Waals surface area contributed by atoms with Crippen LogP contribution < -0.4 is 4.74 Å². The van der Waals surface area contributed by atoms with Crippen LogP contribution in [0.1, 0.15) is 11.1 Å². The number of H-pyrrole nitrogens is 1. The van der Waals surface area contributed by atoms with Crippen molar-refractivity contribution >= 4 is 30.0 Å². The van der Waals surface area contributed by atoms with Crippen LogP contribution in [-0.4, -0.2) is 21.1 Å². The third kappa shape index (κ3) is 4.28. The van der Waals surface area contributed by atoms with Crippen molar-refractivity contribution in [1.29, 1.82) is 0 Å². The summed E-state index contributed by atoms with van der Waals surface area (Å²) in [4.78, 5) is 0. The highest BCUT2D eigenvalue weighted by atomic mass is 35.5. The molecule has 1 heterocycles. The van der Waals surface area contributed by atoms with Gasteiger partial charge in [0.2, 0.25) is 4.77 Å². The molecule has 0 aliphatic heterocycles. The molecule has 0 aliphatic rings. The molecule has 0 saturated carbocycles. The molecular formula is C16H13ClN4OS. The standard InChI is InChI=1S/C16H13ClN4OS/c17-14-5-1-4-13(7-14)10-22-15-6-2-3-12(8-15)9-19-21-11-18-20-16(21)23/h1-9,11H,10H2,(H,20,23)/b19-9+. The van der Waals surface area contributed by atoms with Crippen molar-refractivity contribution in [2.45, 2.75) is 6.61 Å². The lowest BCUT2D eigenvalue weighted by molar-refractivity contribution is 0.306. The number of aromatic amines is 1. The van der Waals surface area contributed by atoms with E-state index < -0.39 is 0 Å². The largest absolute Gasteiger partial charge is 0.489 e. The molecule has 0 amide bonds. The Hall–Kier alpha value is -2.44. The van der Waals surface area contributed by atoms with Gasteiger partial charge in [-0.05, 0) is 47.6 Å². The molecule has 7 heteroatoms. The van der Waals surface area contributed by atoms with Crippen LogP contribution >= 0.6 is 23.8 Å². The van der Waals surface area contributed by atoms with E-state index in [0.29, 0.717) is 16.4 Å². The van der Waals surface area contributed by atoms with Crippen molar-refractivity contribution in [2.75, 3.05) is 0 Å². The monoisotopic (exact) mass is 344 g/mol. The van der Waals surface area contributed by atoms with Crippen LogP contribution in [0.3, 0.4) is 0 Å². The molecule has 1 N–H and O–H groups in total. The number of halogens is 1. The van der Waals surface area contributed by atoms with Gasteiger partial charge in [0, 0.05) is 5.02 Å². The number of benzene rings is 2. The molecule has 0 aliphatic carbocycles. The predicted octanol–water partition coefficient (Wildman–Crippen LogP) is 4.06. The molecule has 5 nitrogen and oxygen atoms in total. The van der Waals surface area contributed by atoms with Crippen LogP contribution in [0.4, 0.5) is 0 Å². The smallest absolute Gasteiger partial charge is 0.216 e. The minimum atomic E-state index is 0.439. The summed E-state index contributed by atoms with van der Waals surface area (Å²) in [7, 11) is 0. The van der Waals surface area contributed by atoms with E-state index in [2.05, 4.69) is 15.3 Å². The highest BCUT2D eigenvalue weighted by molar-refractivity contribution is 7.71. The van der Waals surface area contributed by atoms with Gasteiger partial charge in [0.25, 0.3) is 0 Å². The molecule has 3 aromatic rings. The van der Waals surface area contributed by atoms with Crippen LogP contribution in [0, 0.1) is 4.77 Å². The van der Waals surface area contributed by atoms with E-state index >= 15 is 0 Å². The Morgan fingerprint density at radius 3 is 2.91 bits per heavy atom. The fourth-order valence-corrected chi connectivity index (χ4v) is 2.29. The quantitative estimate of drug-likeness (QED) is 0.561. The molecule has 23 heavy (non-hydrogen) atoms. The Balaban J connectivity index is 1.69. The summed E-state index contributed by atoms with van der Waals surface area (Å²) in [5.41, 5.74) is 1.91. The van der Waals surface area contributed by atoms with Gasteiger partial charge in [-0.2, -0.15) is 14.9 Å². The maximum absolute atomic E-state index is 5.96. The topological polar surface area (TPSA) is 55.2 Å². The van der Waals surface area contributed by atoms with Crippen molar-refractivity contribution in [1.82, 2.24) is 14.9 Å². The van der Waals surface area contributed by atoms with E-state index in [1.165, 1.54) is 11.0 Å². The van der Waals surface area contributed by atoms with Crippen LogP contribution in [-0.2, 0) is 6.61 Å². The SMILES string of the molecule is S=c1[nH]ncn1/N=C/c1cccc(OCc2cccc(Cl)c2)c1. The van der Waals surface area contributed by atoms with Gasteiger partial charge in [0.1, 0.15) is 18.7 Å². The van der Waals surface area contributed by atoms with Crippen LogP contribution in [0.25, 0.3) is 0 Å². The average molecular weight is 345 g/mol. The number of aromatic nitrogens is 3. The van der Waals surface area contributed by atoms with Gasteiger partial charge in [-0.1, -0.05) is 35.9 Å². The van der Waals surface area contributed by atoms with Gasteiger partial charge in [-0.15, -0.1) is 0 Å². The Morgan fingerprint density at radius 2 is 2.13 bits per heavy atom. The normalized spacial score (nSPS) is 11.0. The predicted molar refractivity (Wildman–Crippen MR) is 92.6 cm³/mol. The zero-order valence-corrected chi connectivity index (χ0v) is 13.6. The molecule has 0 spiro atoms. The number of ether oxygens (including phenoxy) is 1. The second-order valence-corrected chi connectivity index (χ2v) is 5.56. The highest BCUT2D eigenvalue weighted by Crippen LogP contribution is 2.16. The average Bonchev–Trinajstić information content (AvgIpc) is 2.97. The molecule has 0 radical (unpaired) electrons. The molecule has 0 atom stereocenters. The summed E-state index contributed by atoms with van der Waals surface area (Å²) in [6, 6.07) is 15.2. The Bertz CT molecular complexity index is 887. The van der Waals surface area contributed by atoms with Gasteiger partial charge in [0.05, 0.1) is 6.21 Å². The molecule has 0 fully saturated rings. The molecule has 0 bridgehead atoms.